The van der Waals surface area contributed by atoms with Crippen LogP contribution in [-0.2, 0) is 21.2 Å². The van der Waals surface area contributed by atoms with Gasteiger partial charge in [-0.05, 0) is 30.5 Å². The van der Waals surface area contributed by atoms with Gasteiger partial charge in [0.2, 0.25) is 15.9 Å². The predicted octanol–water partition coefficient (Wildman–Crippen LogP) is 3.24. The average Bonchev–Trinajstić information content (AvgIpc) is 2.79. The van der Waals surface area contributed by atoms with Gasteiger partial charge >= 0.3 is 0 Å². The lowest BCUT2D eigenvalue weighted by Crippen LogP contribution is -2.42. The molecule has 1 amide bonds. The van der Waals surface area contributed by atoms with Gasteiger partial charge in [-0.2, -0.15) is 4.31 Å². The van der Waals surface area contributed by atoms with E-state index in [9.17, 15) is 13.2 Å². The Hall–Kier alpha value is -2.58. The fourth-order valence-corrected chi connectivity index (χ4v) is 4.54. The first-order valence-corrected chi connectivity index (χ1v) is 11.9. The molecule has 31 heavy (non-hydrogen) atoms. The van der Waals surface area contributed by atoms with Crippen molar-refractivity contribution in [3.05, 3.63) is 54.1 Å². The van der Waals surface area contributed by atoms with Crippen molar-refractivity contribution in [2.24, 2.45) is 0 Å². The minimum atomic E-state index is -3.92. The number of hydrogen-bond acceptors (Lipinski definition) is 5. The molecule has 0 aliphatic carbocycles. The summed E-state index contributed by atoms with van der Waals surface area (Å²) in [6.07, 6.45) is 3.43. The number of ether oxygens (including phenoxy) is 2. The summed E-state index contributed by atoms with van der Waals surface area (Å²) in [5.74, 6) is 0.440. The van der Waals surface area contributed by atoms with Crippen molar-refractivity contribution in [2.75, 3.05) is 33.9 Å². The highest BCUT2D eigenvalue weighted by atomic mass is 32.2. The van der Waals surface area contributed by atoms with Crippen LogP contribution in [0.2, 0.25) is 0 Å². The van der Waals surface area contributed by atoms with Crippen LogP contribution in [0.4, 0.5) is 0 Å². The van der Waals surface area contributed by atoms with E-state index in [2.05, 4.69) is 12.2 Å². The molecule has 0 atom stereocenters. The van der Waals surface area contributed by atoms with Gasteiger partial charge in [0.05, 0.1) is 25.7 Å². The van der Waals surface area contributed by atoms with Crippen molar-refractivity contribution in [1.29, 1.82) is 0 Å². The standard InChI is InChI=1S/C23H32N2O5S/c1-4-5-9-15-24-23(26)18-25(16-14-19-10-7-6-8-11-19)31(27,28)20-12-13-21(29-2)22(17-20)30-3/h6-8,10-13,17H,4-5,9,14-16,18H2,1-3H3,(H,24,26). The predicted molar refractivity (Wildman–Crippen MR) is 121 cm³/mol. The van der Waals surface area contributed by atoms with E-state index in [1.54, 1.807) is 6.07 Å². The molecule has 0 fully saturated rings. The third-order valence-corrected chi connectivity index (χ3v) is 6.75. The summed E-state index contributed by atoms with van der Waals surface area (Å²) in [5.41, 5.74) is 0.998. The first-order chi connectivity index (χ1) is 14.9. The third kappa shape index (κ3) is 7.25. The number of carbonyl (C=O) groups excluding carboxylic acids is 1. The third-order valence-electron chi connectivity index (χ3n) is 4.91. The van der Waals surface area contributed by atoms with Gasteiger partial charge in [-0.1, -0.05) is 50.1 Å². The Morgan fingerprint density at radius 3 is 2.35 bits per heavy atom. The summed E-state index contributed by atoms with van der Waals surface area (Å²) in [6, 6.07) is 14.0. The van der Waals surface area contributed by atoms with Gasteiger partial charge in [0.1, 0.15) is 0 Å². The molecule has 0 saturated heterocycles. The molecule has 1 N–H and O–H groups in total. The highest BCUT2D eigenvalue weighted by Crippen LogP contribution is 2.30. The Bertz CT molecular complexity index is 932. The number of carbonyl (C=O) groups is 1. The van der Waals surface area contributed by atoms with E-state index < -0.39 is 10.0 Å². The maximum atomic E-state index is 13.4. The molecule has 2 aromatic carbocycles. The molecule has 2 rings (SSSR count). The molecular weight excluding hydrogens is 416 g/mol. The van der Waals surface area contributed by atoms with Crippen LogP contribution in [0.3, 0.4) is 0 Å². The topological polar surface area (TPSA) is 84.9 Å². The molecule has 0 radical (unpaired) electrons. The normalized spacial score (nSPS) is 11.4. The summed E-state index contributed by atoms with van der Waals surface area (Å²) in [6.45, 7) is 2.57. The Morgan fingerprint density at radius 1 is 1.00 bits per heavy atom. The molecule has 0 saturated carbocycles. The van der Waals surface area contributed by atoms with Crippen LogP contribution in [-0.4, -0.2) is 52.5 Å². The van der Waals surface area contributed by atoms with E-state index >= 15 is 0 Å². The number of amides is 1. The van der Waals surface area contributed by atoms with Crippen LogP contribution in [0.5, 0.6) is 11.5 Å². The average molecular weight is 449 g/mol. The number of unbranched alkanes of at least 4 members (excludes halogenated alkanes) is 2. The number of benzene rings is 2. The molecular formula is C23H32N2O5S. The second-order valence-corrected chi connectivity index (χ2v) is 9.09. The van der Waals surface area contributed by atoms with Crippen LogP contribution in [0.15, 0.2) is 53.4 Å². The summed E-state index contributed by atoms with van der Waals surface area (Å²) in [5, 5.41) is 2.82. The summed E-state index contributed by atoms with van der Waals surface area (Å²) < 4.78 is 38.4. The molecule has 8 heteroatoms. The Labute approximate surface area is 185 Å². The zero-order chi connectivity index (χ0) is 22.7. The van der Waals surface area contributed by atoms with Crippen molar-refractivity contribution >= 4 is 15.9 Å². The van der Waals surface area contributed by atoms with Crippen molar-refractivity contribution in [1.82, 2.24) is 9.62 Å². The number of nitrogens with one attached hydrogen (secondary N) is 1. The minimum Gasteiger partial charge on any atom is -0.493 e. The molecule has 0 aliphatic heterocycles. The fraction of sp³-hybridized carbons (Fsp3) is 0.435. The highest BCUT2D eigenvalue weighted by Gasteiger charge is 2.27. The van der Waals surface area contributed by atoms with Crippen LogP contribution in [0, 0.1) is 0 Å². The number of rotatable bonds is 13. The summed E-state index contributed by atoms with van der Waals surface area (Å²) >= 11 is 0. The number of nitrogens with zero attached hydrogens (tertiary/aromatic N) is 1. The van der Waals surface area contributed by atoms with Crippen LogP contribution in [0.1, 0.15) is 31.7 Å². The van der Waals surface area contributed by atoms with Crippen molar-refractivity contribution < 1.29 is 22.7 Å². The quantitative estimate of drug-likeness (QED) is 0.476. The van der Waals surface area contributed by atoms with Crippen molar-refractivity contribution in [3.8, 4) is 11.5 Å². The monoisotopic (exact) mass is 448 g/mol. The second kappa shape index (κ2) is 12.3. The van der Waals surface area contributed by atoms with Gasteiger partial charge < -0.3 is 14.8 Å². The van der Waals surface area contributed by atoms with Crippen LogP contribution >= 0.6 is 0 Å². The smallest absolute Gasteiger partial charge is 0.243 e. The van der Waals surface area contributed by atoms with E-state index in [4.69, 9.17) is 9.47 Å². The van der Waals surface area contributed by atoms with E-state index in [1.165, 1.54) is 30.7 Å². The van der Waals surface area contributed by atoms with Gasteiger partial charge in [0.25, 0.3) is 0 Å². The zero-order valence-electron chi connectivity index (χ0n) is 18.5. The molecule has 0 heterocycles. The van der Waals surface area contributed by atoms with E-state index in [0.717, 1.165) is 24.8 Å². The maximum Gasteiger partial charge on any atom is 0.243 e. The molecule has 170 valence electrons. The molecule has 0 aromatic heterocycles. The Morgan fingerprint density at radius 2 is 1.71 bits per heavy atom. The molecule has 7 nitrogen and oxygen atoms in total. The van der Waals surface area contributed by atoms with Crippen molar-refractivity contribution in [3.63, 3.8) is 0 Å². The van der Waals surface area contributed by atoms with E-state index in [-0.39, 0.29) is 23.9 Å². The summed E-state index contributed by atoms with van der Waals surface area (Å²) in [7, 11) is -0.985. The lowest BCUT2D eigenvalue weighted by atomic mass is 10.1. The van der Waals surface area contributed by atoms with Gasteiger partial charge in [-0.25, -0.2) is 8.42 Å². The first kappa shape index (κ1) is 24.7. The van der Waals surface area contributed by atoms with E-state index in [1.807, 2.05) is 30.3 Å². The molecule has 0 unspecified atom stereocenters. The zero-order valence-corrected chi connectivity index (χ0v) is 19.3. The summed E-state index contributed by atoms with van der Waals surface area (Å²) in [4.78, 5) is 12.5. The number of methoxy groups -OCH3 is 2. The molecule has 0 bridgehead atoms. The van der Waals surface area contributed by atoms with Crippen molar-refractivity contribution in [2.45, 2.75) is 37.5 Å². The van der Waals surface area contributed by atoms with Crippen LogP contribution < -0.4 is 14.8 Å². The van der Waals surface area contributed by atoms with E-state index in [0.29, 0.717) is 24.5 Å². The largest absolute Gasteiger partial charge is 0.493 e. The minimum absolute atomic E-state index is 0.0528. The Balaban J connectivity index is 2.23. The fourth-order valence-electron chi connectivity index (χ4n) is 3.13. The highest BCUT2D eigenvalue weighted by molar-refractivity contribution is 7.89. The number of hydrogen-bond donors (Lipinski definition) is 1. The lowest BCUT2D eigenvalue weighted by Gasteiger charge is -2.22. The Kier molecular flexibility index (Phi) is 9.81. The first-order valence-electron chi connectivity index (χ1n) is 10.4. The number of sulfonamides is 1. The van der Waals surface area contributed by atoms with Gasteiger partial charge in [-0.3, -0.25) is 4.79 Å². The SMILES string of the molecule is CCCCCNC(=O)CN(CCc1ccccc1)S(=O)(=O)c1ccc(OC)c(OC)c1. The molecule has 2 aromatic rings. The second-order valence-electron chi connectivity index (χ2n) is 7.15. The van der Waals surface area contributed by atoms with Gasteiger partial charge in [-0.15, -0.1) is 0 Å². The van der Waals surface area contributed by atoms with Crippen LogP contribution in [0.25, 0.3) is 0 Å². The molecule has 0 spiro atoms. The van der Waals surface area contributed by atoms with Gasteiger partial charge in [0.15, 0.2) is 11.5 Å². The maximum absolute atomic E-state index is 13.4. The lowest BCUT2D eigenvalue weighted by molar-refractivity contribution is -0.121. The van der Waals surface area contributed by atoms with Gasteiger partial charge in [0, 0.05) is 19.2 Å². The molecule has 0 aliphatic rings.